The first kappa shape index (κ1) is 16.1. The minimum absolute atomic E-state index is 0.0375. The lowest BCUT2D eigenvalue weighted by molar-refractivity contribution is -0.133. The predicted molar refractivity (Wildman–Crippen MR) is 82.6 cm³/mol. The second-order valence-corrected chi connectivity index (χ2v) is 5.89. The fraction of sp³-hybridized carbons (Fsp3) is 0.333. The topological polar surface area (TPSA) is 75.6 Å². The quantitative estimate of drug-likeness (QED) is 0.517. The van der Waals surface area contributed by atoms with E-state index in [1.165, 1.54) is 11.8 Å². The number of hydrogen-bond donors (Lipinski definition) is 2. The number of carbonyl (C=O) groups is 2. The molecule has 5 nitrogen and oxygen atoms in total. The van der Waals surface area contributed by atoms with Crippen LogP contribution in [0.4, 0.5) is 0 Å². The summed E-state index contributed by atoms with van der Waals surface area (Å²) in [7, 11) is 0. The van der Waals surface area contributed by atoms with Crippen molar-refractivity contribution in [1.29, 1.82) is 0 Å². The Balaban J connectivity index is 2.11. The summed E-state index contributed by atoms with van der Waals surface area (Å²) in [5.74, 6) is 0.208. The molecule has 0 bridgehead atoms. The zero-order chi connectivity index (χ0) is 14.1. The SMILES string of the molecule is O=C(O)CSCCNC(=O)COc1ccc(I)cc1. The van der Waals surface area contributed by atoms with E-state index in [-0.39, 0.29) is 18.3 Å². The molecule has 0 aliphatic rings. The van der Waals surface area contributed by atoms with Crippen molar-refractivity contribution < 1.29 is 19.4 Å². The maximum Gasteiger partial charge on any atom is 0.313 e. The molecule has 0 aliphatic heterocycles. The van der Waals surface area contributed by atoms with Gasteiger partial charge in [0, 0.05) is 15.9 Å². The predicted octanol–water partition coefficient (Wildman–Crippen LogP) is 1.60. The number of ether oxygens (including phenoxy) is 1. The molecule has 0 aromatic heterocycles. The van der Waals surface area contributed by atoms with E-state index >= 15 is 0 Å². The summed E-state index contributed by atoms with van der Waals surface area (Å²) in [5, 5.41) is 11.1. The number of halogens is 1. The van der Waals surface area contributed by atoms with E-state index in [0.29, 0.717) is 18.0 Å². The highest BCUT2D eigenvalue weighted by Crippen LogP contribution is 2.13. The molecule has 7 heteroatoms. The van der Waals surface area contributed by atoms with Gasteiger partial charge in [-0.15, -0.1) is 11.8 Å². The van der Waals surface area contributed by atoms with Gasteiger partial charge in [0.2, 0.25) is 0 Å². The number of aliphatic carboxylic acids is 1. The zero-order valence-corrected chi connectivity index (χ0v) is 13.1. The first-order valence-electron chi connectivity index (χ1n) is 5.52. The van der Waals surface area contributed by atoms with Gasteiger partial charge in [0.15, 0.2) is 6.61 Å². The van der Waals surface area contributed by atoms with Crippen LogP contribution in [-0.2, 0) is 9.59 Å². The van der Waals surface area contributed by atoms with Gasteiger partial charge in [-0.25, -0.2) is 0 Å². The van der Waals surface area contributed by atoms with Crippen molar-refractivity contribution in [3.05, 3.63) is 27.8 Å². The third-order valence-corrected chi connectivity index (χ3v) is 3.64. The summed E-state index contributed by atoms with van der Waals surface area (Å²) in [6.07, 6.45) is 0. The Labute approximate surface area is 129 Å². The van der Waals surface area contributed by atoms with Crippen molar-refractivity contribution in [3.8, 4) is 5.75 Å². The summed E-state index contributed by atoms with van der Waals surface area (Å²) in [6, 6.07) is 7.40. The van der Waals surface area contributed by atoms with Gasteiger partial charge in [-0.1, -0.05) is 0 Å². The molecule has 0 radical (unpaired) electrons. The molecule has 2 N–H and O–H groups in total. The minimum atomic E-state index is -0.849. The highest BCUT2D eigenvalue weighted by Gasteiger charge is 2.03. The maximum absolute atomic E-state index is 11.4. The summed E-state index contributed by atoms with van der Waals surface area (Å²) in [6.45, 7) is 0.400. The Morgan fingerprint density at radius 1 is 1.32 bits per heavy atom. The molecule has 0 aliphatic carbocycles. The van der Waals surface area contributed by atoms with Crippen molar-refractivity contribution in [2.75, 3.05) is 24.7 Å². The van der Waals surface area contributed by atoms with Crippen LogP contribution in [0.2, 0.25) is 0 Å². The van der Waals surface area contributed by atoms with Gasteiger partial charge in [-0.3, -0.25) is 9.59 Å². The Morgan fingerprint density at radius 2 is 2.00 bits per heavy atom. The average molecular weight is 395 g/mol. The lowest BCUT2D eigenvalue weighted by Crippen LogP contribution is -2.30. The average Bonchev–Trinajstić information content (AvgIpc) is 2.37. The molecular weight excluding hydrogens is 381 g/mol. The number of carbonyl (C=O) groups excluding carboxylic acids is 1. The Kier molecular flexibility index (Phi) is 7.65. The van der Waals surface area contributed by atoms with Crippen LogP contribution in [0.25, 0.3) is 0 Å². The minimum Gasteiger partial charge on any atom is -0.484 e. The van der Waals surface area contributed by atoms with Gasteiger partial charge in [0.1, 0.15) is 5.75 Å². The number of hydrogen-bond acceptors (Lipinski definition) is 4. The second kappa shape index (κ2) is 9.03. The number of carboxylic acids is 1. The highest BCUT2D eigenvalue weighted by atomic mass is 127. The van der Waals surface area contributed by atoms with Gasteiger partial charge in [-0.05, 0) is 46.9 Å². The maximum atomic E-state index is 11.4. The van der Waals surface area contributed by atoms with E-state index in [0.717, 1.165) is 3.57 Å². The molecule has 104 valence electrons. The summed E-state index contributed by atoms with van der Waals surface area (Å²) < 4.78 is 6.40. The van der Waals surface area contributed by atoms with Crippen molar-refractivity contribution in [3.63, 3.8) is 0 Å². The summed E-state index contributed by atoms with van der Waals surface area (Å²) in [4.78, 5) is 21.7. The van der Waals surface area contributed by atoms with E-state index in [4.69, 9.17) is 9.84 Å². The van der Waals surface area contributed by atoms with Crippen LogP contribution in [-0.4, -0.2) is 41.6 Å². The number of amides is 1. The molecule has 0 heterocycles. The van der Waals surface area contributed by atoms with Crippen LogP contribution in [0.15, 0.2) is 24.3 Å². The zero-order valence-electron chi connectivity index (χ0n) is 10.1. The number of thioether (sulfide) groups is 1. The number of benzene rings is 1. The van der Waals surface area contributed by atoms with Gasteiger partial charge in [0.05, 0.1) is 5.75 Å². The van der Waals surface area contributed by atoms with Crippen molar-refractivity contribution >= 4 is 46.2 Å². The molecule has 0 spiro atoms. The van der Waals surface area contributed by atoms with Gasteiger partial charge in [0.25, 0.3) is 5.91 Å². The Hall–Kier alpha value is -0.960. The van der Waals surface area contributed by atoms with Crippen LogP contribution in [0.5, 0.6) is 5.75 Å². The lowest BCUT2D eigenvalue weighted by atomic mass is 10.3. The standard InChI is InChI=1S/C12H14INO4S/c13-9-1-3-10(4-2-9)18-7-11(15)14-5-6-19-8-12(16)17/h1-4H,5-8H2,(H,14,15)(H,16,17). The molecule has 1 rings (SSSR count). The first-order valence-corrected chi connectivity index (χ1v) is 7.76. The summed E-state index contributed by atoms with van der Waals surface area (Å²) in [5.41, 5.74) is 0. The molecule has 0 saturated carbocycles. The van der Waals surface area contributed by atoms with E-state index in [2.05, 4.69) is 27.9 Å². The van der Waals surface area contributed by atoms with Crippen LogP contribution in [0, 0.1) is 3.57 Å². The monoisotopic (exact) mass is 395 g/mol. The van der Waals surface area contributed by atoms with E-state index in [9.17, 15) is 9.59 Å². The second-order valence-electron chi connectivity index (χ2n) is 3.54. The van der Waals surface area contributed by atoms with Crippen LogP contribution >= 0.6 is 34.4 Å². The third-order valence-electron chi connectivity index (χ3n) is 1.98. The van der Waals surface area contributed by atoms with Crippen LogP contribution in [0.1, 0.15) is 0 Å². The largest absolute Gasteiger partial charge is 0.484 e. The van der Waals surface area contributed by atoms with E-state index < -0.39 is 5.97 Å². The molecule has 1 aromatic rings. The van der Waals surface area contributed by atoms with Gasteiger partial charge < -0.3 is 15.2 Å². The number of carboxylic acid groups (broad SMARTS) is 1. The normalized spacial score (nSPS) is 9.95. The lowest BCUT2D eigenvalue weighted by Gasteiger charge is -2.07. The van der Waals surface area contributed by atoms with Crippen molar-refractivity contribution in [1.82, 2.24) is 5.32 Å². The van der Waals surface area contributed by atoms with Gasteiger partial charge in [-0.2, -0.15) is 0 Å². The summed E-state index contributed by atoms with van der Waals surface area (Å²) >= 11 is 3.45. The van der Waals surface area contributed by atoms with Crippen LogP contribution in [0.3, 0.4) is 0 Å². The number of rotatable bonds is 8. The molecule has 19 heavy (non-hydrogen) atoms. The first-order chi connectivity index (χ1) is 9.08. The molecular formula is C12H14INO4S. The van der Waals surface area contributed by atoms with Crippen molar-refractivity contribution in [2.24, 2.45) is 0 Å². The fourth-order valence-electron chi connectivity index (χ4n) is 1.15. The molecule has 1 aromatic carbocycles. The number of nitrogens with one attached hydrogen (secondary N) is 1. The molecule has 0 atom stereocenters. The molecule has 0 unspecified atom stereocenters. The smallest absolute Gasteiger partial charge is 0.313 e. The Bertz CT molecular complexity index is 424. The molecule has 0 fully saturated rings. The molecule has 1 amide bonds. The Morgan fingerprint density at radius 3 is 2.63 bits per heavy atom. The van der Waals surface area contributed by atoms with Crippen LogP contribution < -0.4 is 10.1 Å². The van der Waals surface area contributed by atoms with Gasteiger partial charge >= 0.3 is 5.97 Å². The third kappa shape index (κ3) is 7.93. The van der Waals surface area contributed by atoms with E-state index in [1.807, 2.05) is 12.1 Å². The van der Waals surface area contributed by atoms with Crippen molar-refractivity contribution in [2.45, 2.75) is 0 Å². The highest BCUT2D eigenvalue weighted by molar-refractivity contribution is 14.1. The van der Waals surface area contributed by atoms with E-state index in [1.54, 1.807) is 12.1 Å². The molecule has 0 saturated heterocycles. The fourth-order valence-corrected chi connectivity index (χ4v) is 2.08.